The van der Waals surface area contributed by atoms with Crippen LogP contribution in [0.25, 0.3) is 0 Å². The van der Waals surface area contributed by atoms with Crippen molar-refractivity contribution in [3.8, 4) is 0 Å². The first-order chi connectivity index (χ1) is 22.2. The minimum Gasteiger partial charge on any atom is -0.457 e. The van der Waals surface area contributed by atoms with Gasteiger partial charge < -0.3 is 14.6 Å². The molecular weight excluding hydrogens is 556 g/mol. The Morgan fingerprint density at radius 3 is 1.40 bits per heavy atom. The van der Waals surface area contributed by atoms with Crippen LogP contribution in [0.15, 0.2) is 36.5 Å². The van der Waals surface area contributed by atoms with Crippen molar-refractivity contribution in [3.05, 3.63) is 36.5 Å². The summed E-state index contributed by atoms with van der Waals surface area (Å²) < 4.78 is 11.1. The average molecular weight is 633 g/mol. The van der Waals surface area contributed by atoms with Crippen LogP contribution in [-0.4, -0.2) is 37.0 Å². The van der Waals surface area contributed by atoms with Gasteiger partial charge >= 0.3 is 5.97 Å². The highest BCUT2D eigenvalue weighted by atomic mass is 16.6. The fourth-order valence-corrected chi connectivity index (χ4v) is 5.51. The van der Waals surface area contributed by atoms with Gasteiger partial charge in [-0.15, -0.1) is 0 Å². The quantitative estimate of drug-likeness (QED) is 0.0424. The fraction of sp³-hybridized carbons (Fsp3) is 0.829. The minimum absolute atomic E-state index is 0.172. The van der Waals surface area contributed by atoms with Gasteiger partial charge in [-0.05, 0) is 51.4 Å². The normalized spacial score (nSPS) is 12.7. The van der Waals surface area contributed by atoms with Crippen molar-refractivity contribution in [1.82, 2.24) is 0 Å². The van der Waals surface area contributed by atoms with E-state index in [0.717, 1.165) is 32.1 Å². The van der Waals surface area contributed by atoms with Crippen LogP contribution in [0.4, 0.5) is 0 Å². The average Bonchev–Trinajstić information content (AvgIpc) is 3.05. The summed E-state index contributed by atoms with van der Waals surface area (Å²) >= 11 is 0. The Bertz CT molecular complexity index is 668. The lowest BCUT2D eigenvalue weighted by Crippen LogP contribution is -2.27. The van der Waals surface area contributed by atoms with Crippen molar-refractivity contribution < 1.29 is 19.4 Å². The molecule has 1 unspecified atom stereocenters. The number of allylic oxidation sites excluding steroid dienone is 6. The van der Waals surface area contributed by atoms with Gasteiger partial charge in [0.15, 0.2) is 0 Å². The van der Waals surface area contributed by atoms with Crippen molar-refractivity contribution in [3.63, 3.8) is 0 Å². The van der Waals surface area contributed by atoms with Gasteiger partial charge in [-0.3, -0.25) is 4.79 Å². The molecule has 0 aromatic heterocycles. The van der Waals surface area contributed by atoms with Gasteiger partial charge in [0.1, 0.15) is 6.10 Å². The zero-order valence-electron chi connectivity index (χ0n) is 30.1. The smallest absolute Gasteiger partial charge is 0.306 e. The number of hydrogen-bond acceptors (Lipinski definition) is 4. The van der Waals surface area contributed by atoms with Gasteiger partial charge in [0.2, 0.25) is 0 Å². The maximum atomic E-state index is 12.1. The first-order valence-corrected chi connectivity index (χ1v) is 19.6. The Morgan fingerprint density at radius 1 is 0.533 bits per heavy atom. The molecule has 0 aromatic rings. The number of carbonyl (C=O) groups excluding carboxylic acids is 1. The van der Waals surface area contributed by atoms with Crippen LogP contribution in [0.5, 0.6) is 0 Å². The number of ether oxygens (including phenoxy) is 2. The molecule has 45 heavy (non-hydrogen) atoms. The molecule has 0 fully saturated rings. The minimum atomic E-state index is -0.531. The first-order valence-electron chi connectivity index (χ1n) is 19.6. The molecule has 0 aromatic carbocycles. The van der Waals surface area contributed by atoms with Gasteiger partial charge in [0.05, 0.1) is 13.2 Å². The Morgan fingerprint density at radius 2 is 0.933 bits per heavy atom. The molecule has 264 valence electrons. The van der Waals surface area contributed by atoms with Crippen LogP contribution in [0.1, 0.15) is 194 Å². The van der Waals surface area contributed by atoms with Crippen molar-refractivity contribution in [2.45, 2.75) is 200 Å². The number of unbranched alkanes of at least 4 members (excludes halogenated alkanes) is 22. The molecule has 0 aliphatic heterocycles. The summed E-state index contributed by atoms with van der Waals surface area (Å²) in [6, 6.07) is 0. The molecule has 0 aliphatic carbocycles. The van der Waals surface area contributed by atoms with Crippen LogP contribution in [0.2, 0.25) is 0 Å². The number of rotatable bonds is 36. The molecule has 1 N–H and O–H groups in total. The van der Waals surface area contributed by atoms with E-state index >= 15 is 0 Å². The summed E-state index contributed by atoms with van der Waals surface area (Å²) in [5.41, 5.74) is 0. The third kappa shape index (κ3) is 36.9. The van der Waals surface area contributed by atoms with E-state index < -0.39 is 6.10 Å². The molecule has 0 radical (unpaired) electrons. The third-order valence-corrected chi connectivity index (χ3v) is 8.47. The zero-order valence-corrected chi connectivity index (χ0v) is 30.1. The van der Waals surface area contributed by atoms with Crippen molar-refractivity contribution in [2.75, 3.05) is 19.8 Å². The highest BCUT2D eigenvalue weighted by Crippen LogP contribution is 2.13. The van der Waals surface area contributed by atoms with Crippen molar-refractivity contribution >= 4 is 5.97 Å². The van der Waals surface area contributed by atoms with E-state index in [9.17, 15) is 9.90 Å². The number of aliphatic hydroxyl groups excluding tert-OH is 1. The van der Waals surface area contributed by atoms with E-state index in [4.69, 9.17) is 9.47 Å². The Labute approximate surface area is 280 Å². The topological polar surface area (TPSA) is 55.8 Å². The van der Waals surface area contributed by atoms with Crippen molar-refractivity contribution in [1.29, 1.82) is 0 Å². The van der Waals surface area contributed by atoms with E-state index in [1.54, 1.807) is 0 Å². The zero-order chi connectivity index (χ0) is 32.7. The molecule has 0 heterocycles. The largest absolute Gasteiger partial charge is 0.457 e. The second-order valence-corrected chi connectivity index (χ2v) is 13.0. The maximum Gasteiger partial charge on any atom is 0.306 e. The van der Waals surface area contributed by atoms with Crippen LogP contribution >= 0.6 is 0 Å². The van der Waals surface area contributed by atoms with E-state index in [0.29, 0.717) is 19.6 Å². The summed E-state index contributed by atoms with van der Waals surface area (Å²) in [5.74, 6) is -0.206. The van der Waals surface area contributed by atoms with Crippen molar-refractivity contribution in [2.24, 2.45) is 0 Å². The summed E-state index contributed by atoms with van der Waals surface area (Å²) in [5, 5.41) is 9.52. The molecule has 4 nitrogen and oxygen atoms in total. The van der Waals surface area contributed by atoms with Crippen LogP contribution in [0.3, 0.4) is 0 Å². The molecule has 0 saturated heterocycles. The molecule has 0 rings (SSSR count). The number of hydrogen-bond donors (Lipinski definition) is 1. The SMILES string of the molecule is CCCCCCC/C=C\C/C=C\C/C=C\CCCCCCCCCCCCC(=O)OC(CO)COCCCCCCCCCC. The summed E-state index contributed by atoms with van der Waals surface area (Å²) in [6.45, 7) is 5.32. The maximum absolute atomic E-state index is 12.1. The highest BCUT2D eigenvalue weighted by Gasteiger charge is 2.13. The molecule has 1 atom stereocenters. The number of aliphatic hydroxyl groups is 1. The summed E-state index contributed by atoms with van der Waals surface area (Å²) in [7, 11) is 0. The molecule has 0 amide bonds. The monoisotopic (exact) mass is 633 g/mol. The Balaban J connectivity index is 3.42. The molecule has 0 saturated carbocycles. The van der Waals surface area contributed by atoms with E-state index in [1.165, 1.54) is 141 Å². The molecule has 0 aliphatic rings. The van der Waals surface area contributed by atoms with Crippen LogP contribution in [0, 0.1) is 0 Å². The predicted octanol–water partition coefficient (Wildman–Crippen LogP) is 12.5. The number of esters is 1. The lowest BCUT2D eigenvalue weighted by atomic mass is 10.0. The Hall–Kier alpha value is -1.39. The molecular formula is C41H76O4. The Kier molecular flexibility index (Phi) is 37.6. The lowest BCUT2D eigenvalue weighted by molar-refractivity contribution is -0.154. The number of carbonyl (C=O) groups is 1. The molecule has 0 spiro atoms. The van der Waals surface area contributed by atoms with E-state index in [1.807, 2.05) is 0 Å². The second kappa shape index (κ2) is 38.8. The standard InChI is InChI=1S/C41H76O4/c1-3-5-7-9-11-13-14-15-16-17-18-19-20-21-22-23-24-25-26-27-28-29-30-32-34-36-41(43)45-40(38-42)39-44-37-35-33-31-12-10-8-6-4-2/h14-15,17-18,20-21,40,42H,3-13,16,19,22-39H2,1-2H3/b15-14-,18-17-,21-20-. The fourth-order valence-electron chi connectivity index (χ4n) is 5.51. The van der Waals surface area contributed by atoms with Gasteiger partial charge in [-0.2, -0.15) is 0 Å². The van der Waals surface area contributed by atoms with E-state index in [2.05, 4.69) is 50.3 Å². The van der Waals surface area contributed by atoms with Gasteiger partial charge in [0.25, 0.3) is 0 Å². The van der Waals surface area contributed by atoms with Crippen LogP contribution < -0.4 is 0 Å². The highest BCUT2D eigenvalue weighted by molar-refractivity contribution is 5.69. The third-order valence-electron chi connectivity index (χ3n) is 8.47. The lowest BCUT2D eigenvalue weighted by Gasteiger charge is -2.16. The molecule has 4 heteroatoms. The van der Waals surface area contributed by atoms with Crippen LogP contribution in [-0.2, 0) is 14.3 Å². The predicted molar refractivity (Wildman–Crippen MR) is 196 cm³/mol. The summed E-state index contributed by atoms with van der Waals surface area (Å²) in [6.07, 6.45) is 47.7. The van der Waals surface area contributed by atoms with Gasteiger partial charge in [-0.25, -0.2) is 0 Å². The summed E-state index contributed by atoms with van der Waals surface area (Å²) in [4.78, 5) is 12.1. The van der Waals surface area contributed by atoms with E-state index in [-0.39, 0.29) is 12.6 Å². The first kappa shape index (κ1) is 43.6. The van der Waals surface area contributed by atoms with Gasteiger partial charge in [-0.1, -0.05) is 172 Å². The van der Waals surface area contributed by atoms with Gasteiger partial charge in [0, 0.05) is 13.0 Å². The molecule has 0 bridgehead atoms. The second-order valence-electron chi connectivity index (χ2n) is 13.0.